The molecule has 4 heteroatoms. The summed E-state index contributed by atoms with van der Waals surface area (Å²) in [4.78, 5) is 6.58. The van der Waals surface area contributed by atoms with Crippen LogP contribution in [0.25, 0.3) is 0 Å². The fourth-order valence-corrected chi connectivity index (χ4v) is 2.58. The van der Waals surface area contributed by atoms with Crippen LogP contribution in [0.2, 0.25) is 0 Å². The summed E-state index contributed by atoms with van der Waals surface area (Å²) in [5.74, 6) is 0. The van der Waals surface area contributed by atoms with Gasteiger partial charge in [-0.1, -0.05) is 0 Å². The Balaban J connectivity index is 1.66. The third-order valence-electron chi connectivity index (χ3n) is 3.66. The van der Waals surface area contributed by atoms with Crippen molar-refractivity contribution >= 4 is 0 Å². The molecule has 1 aromatic heterocycles. The lowest BCUT2D eigenvalue weighted by molar-refractivity contribution is 0.0994. The number of aryl methyl sites for hydroxylation is 1. The Labute approximate surface area is 110 Å². The first-order chi connectivity index (χ1) is 8.79. The topological polar surface area (TPSA) is 30.3 Å². The molecule has 1 fully saturated rings. The minimum atomic E-state index is 0.527. The van der Waals surface area contributed by atoms with Crippen molar-refractivity contribution in [2.45, 2.75) is 51.8 Å². The van der Waals surface area contributed by atoms with Gasteiger partial charge >= 0.3 is 0 Å². The van der Waals surface area contributed by atoms with Gasteiger partial charge in [-0.15, -0.1) is 0 Å². The van der Waals surface area contributed by atoms with Crippen molar-refractivity contribution in [3.63, 3.8) is 0 Å². The van der Waals surface area contributed by atoms with Gasteiger partial charge in [-0.25, -0.2) is 4.98 Å². The molecule has 2 heterocycles. The Kier molecular flexibility index (Phi) is 5.20. The summed E-state index contributed by atoms with van der Waals surface area (Å²) >= 11 is 0. The van der Waals surface area contributed by atoms with Gasteiger partial charge in [-0.2, -0.15) is 0 Å². The molecule has 1 aliphatic heterocycles. The average molecular weight is 251 g/mol. The molecule has 0 spiro atoms. The third kappa shape index (κ3) is 3.82. The quantitative estimate of drug-likeness (QED) is 0.745. The van der Waals surface area contributed by atoms with Gasteiger partial charge in [0.05, 0.1) is 18.1 Å². The highest BCUT2D eigenvalue weighted by Crippen LogP contribution is 2.17. The zero-order valence-corrected chi connectivity index (χ0v) is 11.6. The van der Waals surface area contributed by atoms with Gasteiger partial charge < -0.3 is 14.2 Å². The van der Waals surface area contributed by atoms with Crippen LogP contribution in [0.4, 0.5) is 0 Å². The van der Waals surface area contributed by atoms with Gasteiger partial charge in [0, 0.05) is 25.9 Å². The number of ether oxygens (including phenoxy) is 1. The van der Waals surface area contributed by atoms with Crippen LogP contribution in [-0.2, 0) is 17.8 Å². The van der Waals surface area contributed by atoms with Crippen LogP contribution < -0.4 is 0 Å². The lowest BCUT2D eigenvalue weighted by atomic mass is 10.1. The normalized spacial score (nSPS) is 19.8. The predicted molar refractivity (Wildman–Crippen MR) is 72.4 cm³/mol. The number of nitrogens with zero attached hydrogens (tertiary/aromatic N) is 3. The number of aromatic nitrogens is 2. The van der Waals surface area contributed by atoms with Gasteiger partial charge in [0.25, 0.3) is 0 Å². The first-order valence-electron chi connectivity index (χ1n) is 7.08. The summed E-state index contributed by atoms with van der Waals surface area (Å²) in [7, 11) is 2.18. The molecule has 0 aliphatic carbocycles. The maximum Gasteiger partial charge on any atom is 0.0948 e. The van der Waals surface area contributed by atoms with E-state index >= 15 is 0 Å². The first kappa shape index (κ1) is 13.6. The maximum absolute atomic E-state index is 5.64. The van der Waals surface area contributed by atoms with Crippen molar-refractivity contribution in [3.05, 3.63) is 18.2 Å². The van der Waals surface area contributed by atoms with Gasteiger partial charge in [0.15, 0.2) is 0 Å². The van der Waals surface area contributed by atoms with E-state index in [1.165, 1.54) is 31.4 Å². The van der Waals surface area contributed by atoms with Crippen LogP contribution in [0.5, 0.6) is 0 Å². The molecule has 1 atom stereocenters. The Morgan fingerprint density at radius 1 is 1.56 bits per heavy atom. The van der Waals surface area contributed by atoms with Gasteiger partial charge in [0.1, 0.15) is 0 Å². The SMILES string of the molecule is CCn1cncc1CN(C)CCCC1CCCO1. The Hall–Kier alpha value is -0.870. The van der Waals surface area contributed by atoms with E-state index in [9.17, 15) is 0 Å². The van der Waals surface area contributed by atoms with E-state index in [0.29, 0.717) is 6.10 Å². The molecule has 0 N–H and O–H groups in total. The highest BCUT2D eigenvalue weighted by Gasteiger charge is 2.15. The van der Waals surface area contributed by atoms with E-state index < -0.39 is 0 Å². The van der Waals surface area contributed by atoms with Crippen molar-refractivity contribution in [3.8, 4) is 0 Å². The average Bonchev–Trinajstić information content (AvgIpc) is 3.00. The van der Waals surface area contributed by atoms with Crippen molar-refractivity contribution in [2.75, 3.05) is 20.2 Å². The van der Waals surface area contributed by atoms with E-state index in [4.69, 9.17) is 4.74 Å². The summed E-state index contributed by atoms with van der Waals surface area (Å²) < 4.78 is 7.85. The monoisotopic (exact) mass is 251 g/mol. The number of imidazole rings is 1. The van der Waals surface area contributed by atoms with Crippen LogP contribution in [0.15, 0.2) is 12.5 Å². The van der Waals surface area contributed by atoms with Crippen LogP contribution in [0.1, 0.15) is 38.3 Å². The summed E-state index contributed by atoms with van der Waals surface area (Å²) in [6.07, 6.45) is 9.34. The molecular weight excluding hydrogens is 226 g/mol. The third-order valence-corrected chi connectivity index (χ3v) is 3.66. The molecule has 1 saturated heterocycles. The van der Waals surface area contributed by atoms with Crippen LogP contribution >= 0.6 is 0 Å². The van der Waals surface area contributed by atoms with E-state index in [2.05, 4.69) is 28.4 Å². The zero-order valence-electron chi connectivity index (χ0n) is 11.6. The molecule has 0 radical (unpaired) electrons. The molecule has 1 aliphatic rings. The van der Waals surface area contributed by atoms with E-state index in [1.807, 2.05) is 12.5 Å². The Morgan fingerprint density at radius 2 is 2.44 bits per heavy atom. The minimum Gasteiger partial charge on any atom is -0.378 e. The molecule has 1 unspecified atom stereocenters. The van der Waals surface area contributed by atoms with Gasteiger partial charge in [-0.3, -0.25) is 0 Å². The fourth-order valence-electron chi connectivity index (χ4n) is 2.58. The van der Waals surface area contributed by atoms with Crippen molar-refractivity contribution in [1.29, 1.82) is 0 Å². The lowest BCUT2D eigenvalue weighted by Gasteiger charge is -2.18. The molecule has 18 heavy (non-hydrogen) atoms. The Morgan fingerprint density at radius 3 is 3.17 bits per heavy atom. The molecule has 4 nitrogen and oxygen atoms in total. The van der Waals surface area contributed by atoms with Crippen LogP contribution in [-0.4, -0.2) is 40.8 Å². The summed E-state index contributed by atoms with van der Waals surface area (Å²) in [5.41, 5.74) is 1.30. The molecule has 102 valence electrons. The van der Waals surface area contributed by atoms with E-state index in [1.54, 1.807) is 0 Å². The minimum absolute atomic E-state index is 0.527. The van der Waals surface area contributed by atoms with E-state index in [0.717, 1.165) is 26.2 Å². The standard InChI is InChI=1S/C14H25N3O/c1-3-17-12-15-10-13(17)11-16(2)8-4-6-14-7-5-9-18-14/h10,12,14H,3-9,11H2,1-2H3. The van der Waals surface area contributed by atoms with Crippen LogP contribution in [0, 0.1) is 0 Å². The number of rotatable bonds is 7. The first-order valence-corrected chi connectivity index (χ1v) is 7.08. The Bertz CT molecular complexity index is 345. The predicted octanol–water partition coefficient (Wildman–Crippen LogP) is 2.29. The second-order valence-corrected chi connectivity index (χ2v) is 5.19. The van der Waals surface area contributed by atoms with E-state index in [-0.39, 0.29) is 0 Å². The molecule has 0 aromatic carbocycles. The number of hydrogen-bond acceptors (Lipinski definition) is 3. The maximum atomic E-state index is 5.64. The summed E-state index contributed by atoms with van der Waals surface area (Å²) in [6, 6.07) is 0. The summed E-state index contributed by atoms with van der Waals surface area (Å²) in [6.45, 7) is 6.24. The second-order valence-electron chi connectivity index (χ2n) is 5.19. The molecule has 0 bridgehead atoms. The van der Waals surface area contributed by atoms with Crippen LogP contribution in [0.3, 0.4) is 0 Å². The molecule has 0 amide bonds. The smallest absolute Gasteiger partial charge is 0.0948 e. The van der Waals surface area contributed by atoms with Crippen molar-refractivity contribution in [2.24, 2.45) is 0 Å². The lowest BCUT2D eigenvalue weighted by Crippen LogP contribution is -2.22. The molecule has 2 rings (SSSR count). The molecule has 0 saturated carbocycles. The highest BCUT2D eigenvalue weighted by molar-refractivity contribution is 4.97. The second kappa shape index (κ2) is 6.90. The fraction of sp³-hybridized carbons (Fsp3) is 0.786. The van der Waals surface area contributed by atoms with Gasteiger partial charge in [0.2, 0.25) is 0 Å². The molecular formula is C14H25N3O. The summed E-state index contributed by atoms with van der Waals surface area (Å²) in [5, 5.41) is 0. The van der Waals surface area contributed by atoms with Crippen molar-refractivity contribution in [1.82, 2.24) is 14.5 Å². The zero-order chi connectivity index (χ0) is 12.8. The largest absolute Gasteiger partial charge is 0.378 e. The van der Waals surface area contributed by atoms with Crippen molar-refractivity contribution < 1.29 is 4.74 Å². The molecule has 1 aromatic rings. The van der Waals surface area contributed by atoms with Gasteiger partial charge in [-0.05, 0) is 46.2 Å². The number of hydrogen-bond donors (Lipinski definition) is 0. The highest BCUT2D eigenvalue weighted by atomic mass is 16.5.